The topological polar surface area (TPSA) is 40.7 Å². The van der Waals surface area contributed by atoms with E-state index in [1.807, 2.05) is 24.4 Å². The third kappa shape index (κ3) is 3.34. The third-order valence-corrected chi connectivity index (χ3v) is 3.78. The molecule has 1 aromatic carbocycles. The van der Waals surface area contributed by atoms with Crippen molar-refractivity contribution in [1.82, 2.24) is 15.3 Å². The molecule has 0 unspecified atom stereocenters. The van der Waals surface area contributed by atoms with E-state index in [1.54, 1.807) is 0 Å². The molecule has 2 rings (SSSR count). The fraction of sp³-hybridized carbons (Fsp3) is 0.308. The van der Waals surface area contributed by atoms with Gasteiger partial charge in [-0.05, 0) is 47.1 Å². The summed E-state index contributed by atoms with van der Waals surface area (Å²) in [6.45, 7) is 3.98. The van der Waals surface area contributed by atoms with E-state index >= 15 is 0 Å². The van der Waals surface area contributed by atoms with Crippen molar-refractivity contribution in [2.45, 2.75) is 19.9 Å². The number of halogens is 2. The van der Waals surface area contributed by atoms with Gasteiger partial charge in [0.25, 0.3) is 0 Å². The average Bonchev–Trinajstić information content (AvgIpc) is 2.82. The molecule has 0 fully saturated rings. The molecular weight excluding hydrogens is 314 g/mol. The molecule has 0 aliphatic carbocycles. The molecule has 1 aromatic heterocycles. The van der Waals surface area contributed by atoms with Crippen LogP contribution in [0.1, 0.15) is 19.0 Å². The standard InChI is InChI=1S/C13H15BrClN3/c1-2-5-16-7-10-8-17-13(18-10)9-3-4-12(15)11(14)6-9/h3-4,6,8,16H,2,5,7H2,1H3,(H,17,18). The smallest absolute Gasteiger partial charge is 0.137 e. The molecule has 0 bridgehead atoms. The second-order valence-electron chi connectivity index (χ2n) is 4.06. The highest BCUT2D eigenvalue weighted by molar-refractivity contribution is 9.10. The van der Waals surface area contributed by atoms with Crippen molar-refractivity contribution < 1.29 is 0 Å². The minimum Gasteiger partial charge on any atom is -0.341 e. The van der Waals surface area contributed by atoms with Gasteiger partial charge in [-0.25, -0.2) is 4.98 Å². The van der Waals surface area contributed by atoms with Gasteiger partial charge in [0.15, 0.2) is 0 Å². The van der Waals surface area contributed by atoms with Crippen LogP contribution < -0.4 is 5.32 Å². The molecule has 0 aliphatic rings. The lowest BCUT2D eigenvalue weighted by atomic mass is 10.2. The maximum absolute atomic E-state index is 5.97. The molecule has 0 spiro atoms. The van der Waals surface area contributed by atoms with Crippen LogP contribution in [0.3, 0.4) is 0 Å². The van der Waals surface area contributed by atoms with E-state index in [0.29, 0.717) is 5.02 Å². The monoisotopic (exact) mass is 327 g/mol. The number of H-pyrrole nitrogens is 1. The number of benzene rings is 1. The number of nitrogens with zero attached hydrogens (tertiary/aromatic N) is 1. The van der Waals surface area contributed by atoms with Gasteiger partial charge in [0.1, 0.15) is 5.82 Å². The van der Waals surface area contributed by atoms with Crippen molar-refractivity contribution in [1.29, 1.82) is 0 Å². The van der Waals surface area contributed by atoms with Gasteiger partial charge in [-0.2, -0.15) is 0 Å². The zero-order chi connectivity index (χ0) is 13.0. The fourth-order valence-corrected chi connectivity index (χ4v) is 2.14. The Morgan fingerprint density at radius 2 is 2.28 bits per heavy atom. The average molecular weight is 329 g/mol. The predicted molar refractivity (Wildman–Crippen MR) is 78.7 cm³/mol. The number of aromatic amines is 1. The Morgan fingerprint density at radius 1 is 1.44 bits per heavy atom. The Hall–Kier alpha value is -0.840. The molecule has 96 valence electrons. The van der Waals surface area contributed by atoms with E-state index in [4.69, 9.17) is 11.6 Å². The van der Waals surface area contributed by atoms with E-state index in [0.717, 1.165) is 41.1 Å². The third-order valence-electron chi connectivity index (χ3n) is 2.56. The summed E-state index contributed by atoms with van der Waals surface area (Å²) in [5.41, 5.74) is 2.11. The van der Waals surface area contributed by atoms with E-state index in [1.165, 1.54) is 0 Å². The second-order valence-corrected chi connectivity index (χ2v) is 5.32. The molecule has 0 aliphatic heterocycles. The Bertz CT molecular complexity index is 525. The van der Waals surface area contributed by atoms with Crippen molar-refractivity contribution in [2.24, 2.45) is 0 Å². The van der Waals surface area contributed by atoms with Gasteiger partial charge in [0, 0.05) is 28.5 Å². The number of rotatable bonds is 5. The number of aromatic nitrogens is 2. The highest BCUT2D eigenvalue weighted by Gasteiger charge is 2.05. The van der Waals surface area contributed by atoms with E-state index in [-0.39, 0.29) is 0 Å². The highest BCUT2D eigenvalue weighted by atomic mass is 79.9. The molecule has 2 N–H and O–H groups in total. The Morgan fingerprint density at radius 3 is 3.00 bits per heavy atom. The summed E-state index contributed by atoms with van der Waals surface area (Å²) in [5, 5.41) is 4.04. The lowest BCUT2D eigenvalue weighted by molar-refractivity contribution is 0.667. The van der Waals surface area contributed by atoms with Crippen LogP contribution in [-0.4, -0.2) is 16.5 Å². The highest BCUT2D eigenvalue weighted by Crippen LogP contribution is 2.27. The van der Waals surface area contributed by atoms with Crippen molar-refractivity contribution in [3.63, 3.8) is 0 Å². The number of nitrogens with one attached hydrogen (secondary N) is 2. The normalized spacial score (nSPS) is 10.8. The summed E-state index contributed by atoms with van der Waals surface area (Å²) in [7, 11) is 0. The van der Waals surface area contributed by atoms with Crippen LogP contribution in [0.5, 0.6) is 0 Å². The van der Waals surface area contributed by atoms with Crippen molar-refractivity contribution in [3.8, 4) is 11.4 Å². The second kappa shape index (κ2) is 6.36. The first-order valence-electron chi connectivity index (χ1n) is 5.90. The van der Waals surface area contributed by atoms with E-state index < -0.39 is 0 Å². The first kappa shape index (κ1) is 13.6. The lowest BCUT2D eigenvalue weighted by Crippen LogP contribution is -2.13. The molecule has 1 heterocycles. The molecule has 18 heavy (non-hydrogen) atoms. The predicted octanol–water partition coefficient (Wildman–Crippen LogP) is 3.99. The van der Waals surface area contributed by atoms with Gasteiger partial charge in [-0.3, -0.25) is 0 Å². The van der Waals surface area contributed by atoms with Crippen LogP contribution in [0.25, 0.3) is 11.4 Å². The summed E-state index contributed by atoms with van der Waals surface area (Å²) < 4.78 is 0.878. The minimum atomic E-state index is 0.704. The number of hydrogen-bond donors (Lipinski definition) is 2. The summed E-state index contributed by atoms with van der Waals surface area (Å²) in [6, 6.07) is 5.78. The summed E-state index contributed by atoms with van der Waals surface area (Å²) >= 11 is 9.39. The van der Waals surface area contributed by atoms with Gasteiger partial charge in [0.05, 0.1) is 5.02 Å². The molecular formula is C13H15BrClN3. The Kier molecular flexibility index (Phi) is 4.80. The molecule has 0 radical (unpaired) electrons. The first-order chi connectivity index (χ1) is 8.70. The molecule has 0 atom stereocenters. The maximum Gasteiger partial charge on any atom is 0.137 e. The van der Waals surface area contributed by atoms with E-state index in [9.17, 15) is 0 Å². The maximum atomic E-state index is 5.97. The Balaban J connectivity index is 2.11. The van der Waals surface area contributed by atoms with Crippen LogP contribution in [0.15, 0.2) is 28.9 Å². The van der Waals surface area contributed by atoms with Crippen LogP contribution >= 0.6 is 27.5 Å². The number of hydrogen-bond acceptors (Lipinski definition) is 2. The van der Waals surface area contributed by atoms with Crippen LogP contribution in [0, 0.1) is 0 Å². The van der Waals surface area contributed by atoms with Gasteiger partial charge < -0.3 is 10.3 Å². The SMILES string of the molecule is CCCNCc1cnc(-c2ccc(Cl)c(Br)c2)[nH]1. The summed E-state index contributed by atoms with van der Waals surface area (Å²) in [6.07, 6.45) is 2.99. The molecule has 2 aromatic rings. The fourth-order valence-electron chi connectivity index (χ4n) is 1.64. The van der Waals surface area contributed by atoms with Crippen molar-refractivity contribution in [3.05, 3.63) is 39.6 Å². The molecule has 0 saturated carbocycles. The molecule has 0 amide bonds. The quantitative estimate of drug-likeness (QED) is 0.815. The van der Waals surface area contributed by atoms with Crippen molar-refractivity contribution >= 4 is 27.5 Å². The Labute approximate surface area is 120 Å². The minimum absolute atomic E-state index is 0.704. The van der Waals surface area contributed by atoms with Crippen LogP contribution in [0.4, 0.5) is 0 Å². The zero-order valence-electron chi connectivity index (χ0n) is 10.1. The van der Waals surface area contributed by atoms with E-state index in [2.05, 4.69) is 38.1 Å². The van der Waals surface area contributed by atoms with Gasteiger partial charge >= 0.3 is 0 Å². The zero-order valence-corrected chi connectivity index (χ0v) is 12.5. The molecule has 5 heteroatoms. The largest absolute Gasteiger partial charge is 0.341 e. The van der Waals surface area contributed by atoms with Gasteiger partial charge in [0.2, 0.25) is 0 Å². The lowest BCUT2D eigenvalue weighted by Gasteiger charge is -2.01. The number of imidazole rings is 1. The summed E-state index contributed by atoms with van der Waals surface area (Å²) in [4.78, 5) is 7.67. The van der Waals surface area contributed by atoms with Crippen LogP contribution in [-0.2, 0) is 6.54 Å². The first-order valence-corrected chi connectivity index (χ1v) is 7.08. The molecule has 3 nitrogen and oxygen atoms in total. The van der Waals surface area contributed by atoms with Crippen LogP contribution in [0.2, 0.25) is 5.02 Å². The van der Waals surface area contributed by atoms with Crippen molar-refractivity contribution in [2.75, 3.05) is 6.54 Å². The summed E-state index contributed by atoms with van der Waals surface area (Å²) in [5.74, 6) is 0.862. The van der Waals surface area contributed by atoms with Gasteiger partial charge in [-0.15, -0.1) is 0 Å². The molecule has 0 saturated heterocycles. The van der Waals surface area contributed by atoms with Gasteiger partial charge in [-0.1, -0.05) is 18.5 Å².